The average molecular weight is 210 g/mol. The number of nitrogens with one attached hydrogen (secondary N) is 1. The van der Waals surface area contributed by atoms with Gasteiger partial charge in [0.1, 0.15) is 0 Å². The van der Waals surface area contributed by atoms with Gasteiger partial charge in [-0.25, -0.2) is 0 Å². The minimum Gasteiger partial charge on any atom is -0.340 e. The van der Waals surface area contributed by atoms with Crippen molar-refractivity contribution in [3.63, 3.8) is 0 Å². The summed E-state index contributed by atoms with van der Waals surface area (Å²) in [5.41, 5.74) is 0. The molecule has 1 aromatic rings. The molecule has 1 aromatic heterocycles. The molecule has 1 atom stereocenters. The third kappa shape index (κ3) is 3.00. The number of aryl methyl sites for hydroxylation is 1. The van der Waals surface area contributed by atoms with Gasteiger partial charge >= 0.3 is 0 Å². The zero-order valence-electron chi connectivity index (χ0n) is 9.36. The van der Waals surface area contributed by atoms with Crippen molar-refractivity contribution in [2.75, 3.05) is 20.1 Å². The fourth-order valence-corrected chi connectivity index (χ4v) is 2.00. The van der Waals surface area contributed by atoms with Crippen LogP contribution in [-0.4, -0.2) is 41.2 Å². The second-order valence-corrected chi connectivity index (χ2v) is 4.22. The highest BCUT2D eigenvalue weighted by molar-refractivity contribution is 4.85. The molecule has 2 rings (SSSR count). The Morgan fingerprint density at radius 1 is 1.60 bits per heavy atom. The van der Waals surface area contributed by atoms with Crippen molar-refractivity contribution in [3.05, 3.63) is 11.7 Å². The van der Waals surface area contributed by atoms with Crippen LogP contribution >= 0.6 is 0 Å². The van der Waals surface area contributed by atoms with E-state index in [1.807, 2.05) is 6.92 Å². The number of aromatic nitrogens is 2. The van der Waals surface area contributed by atoms with Gasteiger partial charge in [-0.15, -0.1) is 0 Å². The Balaban J connectivity index is 1.78. The van der Waals surface area contributed by atoms with Gasteiger partial charge < -0.3 is 9.84 Å². The van der Waals surface area contributed by atoms with Crippen LogP contribution in [0.2, 0.25) is 0 Å². The molecule has 15 heavy (non-hydrogen) atoms. The molecule has 1 unspecified atom stereocenters. The van der Waals surface area contributed by atoms with Crippen LogP contribution in [0.15, 0.2) is 4.52 Å². The quantitative estimate of drug-likeness (QED) is 0.787. The molecule has 5 nitrogen and oxygen atoms in total. The molecule has 1 N–H and O–H groups in total. The maximum Gasteiger partial charge on any atom is 0.223 e. The fourth-order valence-electron chi connectivity index (χ4n) is 2.00. The highest BCUT2D eigenvalue weighted by Crippen LogP contribution is 2.07. The Hall–Kier alpha value is -0.940. The number of nitrogens with zero attached hydrogens (tertiary/aromatic N) is 3. The van der Waals surface area contributed by atoms with Crippen molar-refractivity contribution in [3.8, 4) is 0 Å². The van der Waals surface area contributed by atoms with Gasteiger partial charge in [0.25, 0.3) is 0 Å². The first-order chi connectivity index (χ1) is 7.24. The molecule has 0 spiro atoms. The van der Waals surface area contributed by atoms with E-state index < -0.39 is 0 Å². The lowest BCUT2D eigenvalue weighted by Crippen LogP contribution is -2.35. The molecule has 1 saturated heterocycles. The van der Waals surface area contributed by atoms with Crippen LogP contribution in [0.5, 0.6) is 0 Å². The molecule has 1 fully saturated rings. The molecule has 0 radical (unpaired) electrons. The van der Waals surface area contributed by atoms with Crippen LogP contribution in [0, 0.1) is 6.92 Å². The summed E-state index contributed by atoms with van der Waals surface area (Å²) in [6.45, 7) is 4.78. The van der Waals surface area contributed by atoms with E-state index in [2.05, 4.69) is 27.4 Å². The molecular weight excluding hydrogens is 192 g/mol. The van der Waals surface area contributed by atoms with E-state index in [-0.39, 0.29) is 0 Å². The van der Waals surface area contributed by atoms with Crippen LogP contribution in [-0.2, 0) is 6.54 Å². The average Bonchev–Trinajstić information content (AvgIpc) is 2.77. The Bertz CT molecular complexity index is 306. The summed E-state index contributed by atoms with van der Waals surface area (Å²) in [4.78, 5) is 6.41. The van der Waals surface area contributed by atoms with Crippen LogP contribution < -0.4 is 5.32 Å². The van der Waals surface area contributed by atoms with E-state index in [0.29, 0.717) is 11.9 Å². The lowest BCUT2D eigenvalue weighted by atomic mass is 10.2. The van der Waals surface area contributed by atoms with Crippen LogP contribution in [0.25, 0.3) is 0 Å². The second-order valence-electron chi connectivity index (χ2n) is 4.22. The third-order valence-electron chi connectivity index (χ3n) is 2.68. The van der Waals surface area contributed by atoms with Gasteiger partial charge in [0.05, 0.1) is 6.54 Å². The smallest absolute Gasteiger partial charge is 0.223 e. The maximum absolute atomic E-state index is 4.93. The minimum absolute atomic E-state index is 0.628. The molecule has 2 heterocycles. The number of rotatable bonds is 4. The van der Waals surface area contributed by atoms with Gasteiger partial charge in [0, 0.05) is 19.5 Å². The van der Waals surface area contributed by atoms with E-state index in [0.717, 1.165) is 25.5 Å². The SMILES string of the molecule is Cc1nc(CN(C)CC2CCCN2)no1. The Morgan fingerprint density at radius 3 is 3.07 bits per heavy atom. The van der Waals surface area contributed by atoms with Crippen molar-refractivity contribution < 1.29 is 4.52 Å². The summed E-state index contributed by atoms with van der Waals surface area (Å²) < 4.78 is 4.93. The van der Waals surface area contributed by atoms with Crippen molar-refractivity contribution in [2.24, 2.45) is 0 Å². The van der Waals surface area contributed by atoms with Crippen molar-refractivity contribution in [1.29, 1.82) is 0 Å². The summed E-state index contributed by atoms with van der Waals surface area (Å²) in [7, 11) is 2.09. The Labute approximate surface area is 89.8 Å². The summed E-state index contributed by atoms with van der Waals surface area (Å²) >= 11 is 0. The molecule has 0 saturated carbocycles. The van der Waals surface area contributed by atoms with E-state index in [1.54, 1.807) is 0 Å². The molecule has 0 amide bonds. The lowest BCUT2D eigenvalue weighted by Gasteiger charge is -2.19. The lowest BCUT2D eigenvalue weighted by molar-refractivity contribution is 0.280. The summed E-state index contributed by atoms with van der Waals surface area (Å²) in [6.07, 6.45) is 2.56. The van der Waals surface area contributed by atoms with E-state index in [9.17, 15) is 0 Å². The summed E-state index contributed by atoms with van der Waals surface area (Å²) in [6, 6.07) is 0.628. The van der Waals surface area contributed by atoms with E-state index in [1.165, 1.54) is 12.8 Å². The Morgan fingerprint density at radius 2 is 2.47 bits per heavy atom. The van der Waals surface area contributed by atoms with Crippen LogP contribution in [0.4, 0.5) is 0 Å². The predicted molar refractivity (Wildman–Crippen MR) is 56.4 cm³/mol. The fraction of sp³-hybridized carbons (Fsp3) is 0.800. The number of likely N-dealkylation sites (N-methyl/N-ethyl adjacent to an activating group) is 1. The molecule has 1 aliphatic heterocycles. The monoisotopic (exact) mass is 210 g/mol. The van der Waals surface area contributed by atoms with Crippen molar-refractivity contribution in [2.45, 2.75) is 32.4 Å². The highest BCUT2D eigenvalue weighted by Gasteiger charge is 2.16. The predicted octanol–water partition coefficient (Wildman–Crippen LogP) is 0.562. The molecule has 0 bridgehead atoms. The Kier molecular flexibility index (Phi) is 3.33. The second kappa shape index (κ2) is 4.72. The highest BCUT2D eigenvalue weighted by atomic mass is 16.5. The topological polar surface area (TPSA) is 54.2 Å². The first-order valence-electron chi connectivity index (χ1n) is 5.45. The molecule has 84 valence electrons. The summed E-state index contributed by atoms with van der Waals surface area (Å²) in [5, 5.41) is 7.35. The molecule has 0 aromatic carbocycles. The number of hydrogen-bond acceptors (Lipinski definition) is 5. The molecule has 1 aliphatic rings. The zero-order valence-corrected chi connectivity index (χ0v) is 9.36. The van der Waals surface area contributed by atoms with Gasteiger partial charge in [-0.1, -0.05) is 5.16 Å². The normalized spacial score (nSPS) is 21.4. The van der Waals surface area contributed by atoms with Crippen LogP contribution in [0.1, 0.15) is 24.6 Å². The van der Waals surface area contributed by atoms with Gasteiger partial charge in [-0.3, -0.25) is 4.90 Å². The van der Waals surface area contributed by atoms with Gasteiger partial charge in [-0.05, 0) is 26.4 Å². The van der Waals surface area contributed by atoms with E-state index >= 15 is 0 Å². The van der Waals surface area contributed by atoms with Crippen molar-refractivity contribution >= 4 is 0 Å². The molecule has 0 aliphatic carbocycles. The largest absolute Gasteiger partial charge is 0.340 e. The van der Waals surface area contributed by atoms with Gasteiger partial charge in [0.2, 0.25) is 5.89 Å². The zero-order chi connectivity index (χ0) is 10.7. The first kappa shape index (κ1) is 10.6. The molecule has 5 heteroatoms. The van der Waals surface area contributed by atoms with Gasteiger partial charge in [-0.2, -0.15) is 4.98 Å². The number of hydrogen-bond donors (Lipinski definition) is 1. The van der Waals surface area contributed by atoms with E-state index in [4.69, 9.17) is 4.52 Å². The van der Waals surface area contributed by atoms with Gasteiger partial charge in [0.15, 0.2) is 5.82 Å². The summed E-state index contributed by atoms with van der Waals surface area (Å²) in [5.74, 6) is 1.41. The van der Waals surface area contributed by atoms with Crippen molar-refractivity contribution in [1.82, 2.24) is 20.4 Å². The third-order valence-corrected chi connectivity index (χ3v) is 2.68. The first-order valence-corrected chi connectivity index (χ1v) is 5.45. The standard InChI is InChI=1S/C10H18N4O/c1-8-12-10(13-15-8)7-14(2)6-9-4-3-5-11-9/h9,11H,3-7H2,1-2H3. The maximum atomic E-state index is 4.93. The minimum atomic E-state index is 0.628. The van der Waals surface area contributed by atoms with Crippen LogP contribution in [0.3, 0.4) is 0 Å². The molecular formula is C10H18N4O.